The van der Waals surface area contributed by atoms with Gasteiger partial charge in [-0.05, 0) is 30.7 Å². The largest absolute Gasteiger partial charge is 0.497 e. The van der Waals surface area contributed by atoms with Crippen molar-refractivity contribution in [3.63, 3.8) is 0 Å². The minimum atomic E-state index is 0.388. The van der Waals surface area contributed by atoms with E-state index in [9.17, 15) is 0 Å². The lowest BCUT2D eigenvalue weighted by molar-refractivity contribution is 0.414. The van der Waals surface area contributed by atoms with Crippen LogP contribution < -0.4 is 4.74 Å². The average molecular weight is 252 g/mol. The minimum absolute atomic E-state index is 0.388. The highest BCUT2D eigenvalue weighted by Gasteiger charge is 2.11. The van der Waals surface area contributed by atoms with Gasteiger partial charge in [-0.2, -0.15) is 0 Å². The van der Waals surface area contributed by atoms with Gasteiger partial charge in [-0.3, -0.25) is 0 Å². The second-order valence-corrected chi connectivity index (χ2v) is 3.85. The molecule has 0 spiro atoms. The Hall–Kier alpha value is -1.55. The molecule has 4 nitrogen and oxygen atoms in total. The van der Waals surface area contributed by atoms with Crippen molar-refractivity contribution < 1.29 is 4.74 Å². The monoisotopic (exact) mass is 251 g/mol. The second-order valence-electron chi connectivity index (χ2n) is 3.58. The van der Waals surface area contributed by atoms with Gasteiger partial charge in [0.15, 0.2) is 0 Å². The molecule has 1 aromatic heterocycles. The van der Waals surface area contributed by atoms with E-state index in [0.717, 1.165) is 29.2 Å². The van der Waals surface area contributed by atoms with Crippen LogP contribution in [0.25, 0.3) is 5.69 Å². The van der Waals surface area contributed by atoms with Crippen molar-refractivity contribution in [3.8, 4) is 11.4 Å². The van der Waals surface area contributed by atoms with Crippen LogP contribution in [0.1, 0.15) is 18.3 Å². The van der Waals surface area contributed by atoms with Crippen LogP contribution in [0.4, 0.5) is 0 Å². The summed E-state index contributed by atoms with van der Waals surface area (Å²) < 4.78 is 6.94. The first kappa shape index (κ1) is 11.9. The van der Waals surface area contributed by atoms with Gasteiger partial charge in [0.2, 0.25) is 0 Å². The molecule has 0 saturated carbocycles. The Kier molecular flexibility index (Phi) is 3.64. The van der Waals surface area contributed by atoms with Crippen molar-refractivity contribution in [3.05, 3.63) is 35.7 Å². The number of ether oxygens (including phenoxy) is 1. The van der Waals surface area contributed by atoms with Crippen LogP contribution in [0.15, 0.2) is 24.3 Å². The molecule has 2 rings (SSSR count). The van der Waals surface area contributed by atoms with Gasteiger partial charge in [0, 0.05) is 0 Å². The standard InChI is InChI=1S/C12H14ClN3O/c1-3-12-11(8-13)14-15-16(12)9-4-6-10(17-2)7-5-9/h4-7H,3,8H2,1-2H3. The third kappa shape index (κ3) is 2.26. The van der Waals surface area contributed by atoms with Crippen LogP contribution in [0, 0.1) is 0 Å². The predicted molar refractivity (Wildman–Crippen MR) is 66.8 cm³/mol. The summed E-state index contributed by atoms with van der Waals surface area (Å²) in [6.07, 6.45) is 0.848. The summed E-state index contributed by atoms with van der Waals surface area (Å²) in [5.74, 6) is 1.21. The molecule has 1 aromatic carbocycles. The molecular formula is C12H14ClN3O. The first-order chi connectivity index (χ1) is 8.30. The van der Waals surface area contributed by atoms with Crippen LogP contribution >= 0.6 is 11.6 Å². The quantitative estimate of drug-likeness (QED) is 0.784. The highest BCUT2D eigenvalue weighted by Crippen LogP contribution is 2.18. The molecule has 2 aromatic rings. The lowest BCUT2D eigenvalue weighted by atomic mass is 10.2. The summed E-state index contributed by atoms with van der Waals surface area (Å²) in [5, 5.41) is 8.20. The molecule has 0 radical (unpaired) electrons. The molecule has 1 heterocycles. The maximum atomic E-state index is 5.82. The van der Waals surface area contributed by atoms with E-state index in [-0.39, 0.29) is 0 Å². The zero-order chi connectivity index (χ0) is 12.3. The summed E-state index contributed by atoms with van der Waals surface area (Å²) in [5.41, 5.74) is 2.85. The molecular weight excluding hydrogens is 238 g/mol. The molecule has 0 aliphatic heterocycles. The van der Waals surface area contributed by atoms with E-state index in [2.05, 4.69) is 17.2 Å². The maximum absolute atomic E-state index is 5.82. The predicted octanol–water partition coefficient (Wildman–Crippen LogP) is 2.58. The van der Waals surface area contributed by atoms with Crippen LogP contribution in [-0.2, 0) is 12.3 Å². The molecule has 17 heavy (non-hydrogen) atoms. The van der Waals surface area contributed by atoms with Gasteiger partial charge in [0.05, 0.1) is 24.4 Å². The molecule has 0 bridgehead atoms. The van der Waals surface area contributed by atoms with Crippen molar-refractivity contribution >= 4 is 11.6 Å². The van der Waals surface area contributed by atoms with Crippen LogP contribution in [0.3, 0.4) is 0 Å². The Morgan fingerprint density at radius 3 is 2.53 bits per heavy atom. The van der Waals surface area contributed by atoms with Crippen molar-refractivity contribution in [2.45, 2.75) is 19.2 Å². The van der Waals surface area contributed by atoms with Gasteiger partial charge in [0.25, 0.3) is 0 Å². The molecule has 0 aliphatic carbocycles. The zero-order valence-corrected chi connectivity index (χ0v) is 10.6. The van der Waals surface area contributed by atoms with Gasteiger partial charge < -0.3 is 4.74 Å². The molecule has 0 saturated heterocycles. The van der Waals surface area contributed by atoms with Crippen molar-refractivity contribution in [1.29, 1.82) is 0 Å². The summed E-state index contributed by atoms with van der Waals surface area (Å²) in [7, 11) is 1.65. The number of hydrogen-bond acceptors (Lipinski definition) is 3. The SMILES string of the molecule is CCc1c(CCl)nnn1-c1ccc(OC)cc1. The normalized spacial score (nSPS) is 10.5. The summed E-state index contributed by atoms with van der Waals surface area (Å²) in [6.45, 7) is 2.06. The van der Waals surface area contributed by atoms with Crippen molar-refractivity contribution in [2.75, 3.05) is 7.11 Å². The summed E-state index contributed by atoms with van der Waals surface area (Å²) >= 11 is 5.82. The second kappa shape index (κ2) is 5.19. The fraction of sp³-hybridized carbons (Fsp3) is 0.333. The van der Waals surface area contributed by atoms with Crippen LogP contribution in [0.2, 0.25) is 0 Å². The number of rotatable bonds is 4. The first-order valence-corrected chi connectivity index (χ1v) is 5.97. The third-order valence-electron chi connectivity index (χ3n) is 2.62. The number of aromatic nitrogens is 3. The number of benzene rings is 1. The van der Waals surface area contributed by atoms with Gasteiger partial charge >= 0.3 is 0 Å². The van der Waals surface area contributed by atoms with E-state index >= 15 is 0 Å². The Balaban J connectivity index is 2.41. The van der Waals surface area contributed by atoms with E-state index in [4.69, 9.17) is 16.3 Å². The number of halogens is 1. The van der Waals surface area contributed by atoms with Crippen LogP contribution in [-0.4, -0.2) is 22.1 Å². The topological polar surface area (TPSA) is 39.9 Å². The molecule has 0 fully saturated rings. The fourth-order valence-electron chi connectivity index (χ4n) is 1.72. The Bertz CT molecular complexity index is 493. The van der Waals surface area contributed by atoms with E-state index in [1.54, 1.807) is 7.11 Å². The number of hydrogen-bond donors (Lipinski definition) is 0. The number of alkyl halides is 1. The van der Waals surface area contributed by atoms with Gasteiger partial charge in [-0.15, -0.1) is 16.7 Å². The Morgan fingerprint density at radius 2 is 2.00 bits per heavy atom. The summed E-state index contributed by atoms with van der Waals surface area (Å²) in [6, 6.07) is 7.70. The zero-order valence-electron chi connectivity index (χ0n) is 9.85. The Labute approximate surface area is 105 Å². The van der Waals surface area contributed by atoms with Gasteiger partial charge in [-0.1, -0.05) is 12.1 Å². The van der Waals surface area contributed by atoms with Gasteiger partial charge in [0.1, 0.15) is 11.4 Å². The summed E-state index contributed by atoms with van der Waals surface area (Å²) in [4.78, 5) is 0. The van der Waals surface area contributed by atoms with Crippen molar-refractivity contribution in [1.82, 2.24) is 15.0 Å². The highest BCUT2D eigenvalue weighted by molar-refractivity contribution is 6.16. The fourth-order valence-corrected chi connectivity index (χ4v) is 1.93. The van der Waals surface area contributed by atoms with E-state index in [0.29, 0.717) is 5.88 Å². The molecule has 0 N–H and O–H groups in total. The van der Waals surface area contributed by atoms with Crippen LogP contribution in [0.5, 0.6) is 5.75 Å². The van der Waals surface area contributed by atoms with E-state index in [1.165, 1.54) is 0 Å². The molecule has 90 valence electrons. The lowest BCUT2D eigenvalue weighted by Gasteiger charge is -2.06. The number of nitrogens with zero attached hydrogens (tertiary/aromatic N) is 3. The lowest BCUT2D eigenvalue weighted by Crippen LogP contribution is -2.02. The average Bonchev–Trinajstić information content (AvgIpc) is 2.81. The molecule has 5 heteroatoms. The maximum Gasteiger partial charge on any atom is 0.119 e. The Morgan fingerprint density at radius 1 is 1.29 bits per heavy atom. The highest BCUT2D eigenvalue weighted by atomic mass is 35.5. The molecule has 0 atom stereocenters. The molecule has 0 amide bonds. The first-order valence-electron chi connectivity index (χ1n) is 5.44. The van der Waals surface area contributed by atoms with Gasteiger partial charge in [-0.25, -0.2) is 4.68 Å². The number of methoxy groups -OCH3 is 1. The molecule has 0 aliphatic rings. The molecule has 0 unspecified atom stereocenters. The minimum Gasteiger partial charge on any atom is -0.497 e. The third-order valence-corrected chi connectivity index (χ3v) is 2.88. The smallest absolute Gasteiger partial charge is 0.119 e. The van der Waals surface area contributed by atoms with E-state index in [1.807, 2.05) is 28.9 Å². The van der Waals surface area contributed by atoms with Crippen molar-refractivity contribution in [2.24, 2.45) is 0 Å². The van der Waals surface area contributed by atoms with E-state index < -0.39 is 0 Å².